The largest absolute Gasteiger partial charge is 0.514 e. The minimum Gasteiger partial charge on any atom is -0.449 e. The number of rotatable bonds is 9. The molecular weight excluding hydrogens is 500 g/mol. The first-order valence-corrected chi connectivity index (χ1v) is 10.8. The molecular formula is C27H20O11. The lowest BCUT2D eigenvalue weighted by Crippen LogP contribution is -2.15. The normalized spacial score (nSPS) is 10.0. The second-order valence-corrected chi connectivity index (χ2v) is 7.43. The number of hydrogen-bond donors (Lipinski definition) is 1. The van der Waals surface area contributed by atoms with Gasteiger partial charge in [0, 0.05) is 0 Å². The topological polar surface area (TPSA) is 152 Å². The molecule has 0 heterocycles. The number of carbonyl (C=O) groups is 5. The Morgan fingerprint density at radius 2 is 1.26 bits per heavy atom. The average molecular weight is 520 g/mol. The standard InChI is InChI=1S/C27H20O11/c1-3-19(28)15-34-27(33)37-21-10-6-18(7-11-21)25(30)38-23-13-12-22(14-16(23)2)35-24(29)17-4-8-20(9-5-17)36-26(31)32/h3-14H,1,15H2,2H3,(H,31,32). The van der Waals surface area contributed by atoms with E-state index in [1.807, 2.05) is 0 Å². The summed E-state index contributed by atoms with van der Waals surface area (Å²) >= 11 is 0. The predicted octanol–water partition coefficient (Wildman–Crippen LogP) is 4.76. The maximum absolute atomic E-state index is 12.5. The molecule has 0 aliphatic carbocycles. The molecule has 11 heteroatoms. The fourth-order valence-electron chi connectivity index (χ4n) is 2.86. The molecule has 0 fully saturated rings. The Kier molecular flexibility index (Phi) is 8.92. The second kappa shape index (κ2) is 12.5. The van der Waals surface area contributed by atoms with Crippen LogP contribution in [0.15, 0.2) is 79.4 Å². The van der Waals surface area contributed by atoms with Crippen molar-refractivity contribution in [3.63, 3.8) is 0 Å². The second-order valence-electron chi connectivity index (χ2n) is 7.43. The summed E-state index contributed by atoms with van der Waals surface area (Å²) in [4.78, 5) is 58.1. The number of carbonyl (C=O) groups excluding carboxylic acids is 4. The third-order valence-electron chi connectivity index (χ3n) is 4.71. The van der Waals surface area contributed by atoms with Gasteiger partial charge in [-0.25, -0.2) is 19.2 Å². The SMILES string of the molecule is C=CC(=O)COC(=O)Oc1ccc(C(=O)Oc2ccc(OC(=O)c3ccc(OC(=O)O)cc3)cc2C)cc1. The minimum atomic E-state index is -1.47. The lowest BCUT2D eigenvalue weighted by atomic mass is 10.2. The fraction of sp³-hybridized carbons (Fsp3) is 0.0741. The van der Waals surface area contributed by atoms with Gasteiger partial charge in [0.2, 0.25) is 0 Å². The van der Waals surface area contributed by atoms with E-state index >= 15 is 0 Å². The summed E-state index contributed by atoms with van der Waals surface area (Å²) in [7, 11) is 0. The van der Waals surface area contributed by atoms with Crippen LogP contribution in [0.3, 0.4) is 0 Å². The van der Waals surface area contributed by atoms with Crippen LogP contribution in [0.4, 0.5) is 9.59 Å². The van der Waals surface area contributed by atoms with E-state index in [-0.39, 0.29) is 34.1 Å². The number of ether oxygens (including phenoxy) is 5. The maximum Gasteiger partial charge on any atom is 0.514 e. The lowest BCUT2D eigenvalue weighted by Gasteiger charge is -2.10. The zero-order valence-electron chi connectivity index (χ0n) is 19.9. The molecule has 0 radical (unpaired) electrons. The molecule has 3 aromatic rings. The van der Waals surface area contributed by atoms with Gasteiger partial charge in [-0.15, -0.1) is 0 Å². The van der Waals surface area contributed by atoms with Crippen LogP contribution in [0.1, 0.15) is 26.3 Å². The average Bonchev–Trinajstić information content (AvgIpc) is 2.89. The van der Waals surface area contributed by atoms with Crippen molar-refractivity contribution in [2.24, 2.45) is 0 Å². The van der Waals surface area contributed by atoms with E-state index in [1.54, 1.807) is 6.92 Å². The molecule has 0 spiro atoms. The van der Waals surface area contributed by atoms with Gasteiger partial charge >= 0.3 is 24.2 Å². The summed E-state index contributed by atoms with van der Waals surface area (Å²) in [5.41, 5.74) is 0.838. The Morgan fingerprint density at radius 3 is 1.79 bits per heavy atom. The quantitative estimate of drug-likeness (QED) is 0.180. The molecule has 0 saturated heterocycles. The number of ketones is 1. The van der Waals surface area contributed by atoms with Gasteiger partial charge in [-0.2, -0.15) is 0 Å². The van der Waals surface area contributed by atoms with E-state index in [9.17, 15) is 24.0 Å². The Hall–Kier alpha value is -5.45. The van der Waals surface area contributed by atoms with Crippen molar-refractivity contribution >= 4 is 30.0 Å². The Morgan fingerprint density at radius 1 is 0.737 bits per heavy atom. The Bertz CT molecular complexity index is 1370. The zero-order valence-corrected chi connectivity index (χ0v) is 19.9. The summed E-state index contributed by atoms with van der Waals surface area (Å²) in [5, 5.41) is 8.61. The van der Waals surface area contributed by atoms with Crippen LogP contribution in [0, 0.1) is 6.92 Å². The van der Waals surface area contributed by atoms with Crippen LogP contribution < -0.4 is 18.9 Å². The van der Waals surface area contributed by atoms with Crippen molar-refractivity contribution in [1.82, 2.24) is 0 Å². The molecule has 0 amide bonds. The summed E-state index contributed by atoms with van der Waals surface area (Å²) in [5.74, 6) is -1.30. The molecule has 0 saturated carbocycles. The van der Waals surface area contributed by atoms with Gasteiger partial charge in [-0.1, -0.05) is 6.58 Å². The molecule has 1 N–H and O–H groups in total. The molecule has 0 bridgehead atoms. The van der Waals surface area contributed by atoms with Gasteiger partial charge in [-0.05, 0) is 85.3 Å². The van der Waals surface area contributed by atoms with E-state index in [4.69, 9.17) is 19.3 Å². The van der Waals surface area contributed by atoms with Crippen molar-refractivity contribution in [2.75, 3.05) is 6.61 Å². The summed E-state index contributed by atoms with van der Waals surface area (Å²) in [6.07, 6.45) is -1.55. The first-order valence-electron chi connectivity index (χ1n) is 10.8. The van der Waals surface area contributed by atoms with Gasteiger partial charge in [0.25, 0.3) is 0 Å². The minimum absolute atomic E-state index is 0.0534. The molecule has 11 nitrogen and oxygen atoms in total. The number of aryl methyl sites for hydroxylation is 1. The van der Waals surface area contributed by atoms with Gasteiger partial charge in [0.05, 0.1) is 11.1 Å². The molecule has 194 valence electrons. The molecule has 3 rings (SSSR count). The van der Waals surface area contributed by atoms with Crippen LogP contribution in [0.5, 0.6) is 23.0 Å². The third-order valence-corrected chi connectivity index (χ3v) is 4.71. The molecule has 0 atom stereocenters. The van der Waals surface area contributed by atoms with Crippen molar-refractivity contribution in [3.05, 3.63) is 96.1 Å². The Balaban J connectivity index is 1.56. The first kappa shape index (κ1) is 27.1. The molecule has 0 unspecified atom stereocenters. The highest BCUT2D eigenvalue weighted by atomic mass is 16.7. The fourth-order valence-corrected chi connectivity index (χ4v) is 2.86. The van der Waals surface area contributed by atoms with Crippen LogP contribution in [0.25, 0.3) is 0 Å². The zero-order chi connectivity index (χ0) is 27.7. The number of hydrogen-bond acceptors (Lipinski definition) is 10. The molecule has 0 aromatic heterocycles. The Labute approximate surface area is 215 Å². The maximum atomic E-state index is 12.5. The van der Waals surface area contributed by atoms with Gasteiger partial charge < -0.3 is 28.8 Å². The number of esters is 2. The number of carboxylic acid groups (broad SMARTS) is 1. The van der Waals surface area contributed by atoms with Crippen LogP contribution in [-0.4, -0.2) is 41.7 Å². The van der Waals surface area contributed by atoms with E-state index in [2.05, 4.69) is 16.1 Å². The molecule has 0 aliphatic heterocycles. The highest BCUT2D eigenvalue weighted by Gasteiger charge is 2.15. The van der Waals surface area contributed by atoms with Crippen molar-refractivity contribution < 1.29 is 52.8 Å². The first-order chi connectivity index (χ1) is 18.1. The highest BCUT2D eigenvalue weighted by molar-refractivity contribution is 5.92. The van der Waals surface area contributed by atoms with Crippen molar-refractivity contribution in [3.8, 4) is 23.0 Å². The lowest BCUT2D eigenvalue weighted by molar-refractivity contribution is -0.117. The van der Waals surface area contributed by atoms with Crippen molar-refractivity contribution in [1.29, 1.82) is 0 Å². The van der Waals surface area contributed by atoms with E-state index in [0.29, 0.717) is 5.56 Å². The highest BCUT2D eigenvalue weighted by Crippen LogP contribution is 2.25. The van der Waals surface area contributed by atoms with Gasteiger partial charge in [0.1, 0.15) is 23.0 Å². The number of benzene rings is 3. The van der Waals surface area contributed by atoms with Gasteiger partial charge in [0.15, 0.2) is 12.4 Å². The molecule has 3 aromatic carbocycles. The van der Waals surface area contributed by atoms with Crippen LogP contribution in [-0.2, 0) is 9.53 Å². The van der Waals surface area contributed by atoms with Crippen molar-refractivity contribution in [2.45, 2.75) is 6.92 Å². The van der Waals surface area contributed by atoms with Crippen LogP contribution >= 0.6 is 0 Å². The third kappa shape index (κ3) is 7.78. The van der Waals surface area contributed by atoms with E-state index in [1.165, 1.54) is 66.7 Å². The molecule has 38 heavy (non-hydrogen) atoms. The van der Waals surface area contributed by atoms with E-state index < -0.39 is 36.6 Å². The summed E-state index contributed by atoms with van der Waals surface area (Å²) in [6, 6.07) is 15.2. The van der Waals surface area contributed by atoms with Crippen LogP contribution in [0.2, 0.25) is 0 Å². The predicted molar refractivity (Wildman–Crippen MR) is 130 cm³/mol. The molecule has 0 aliphatic rings. The monoisotopic (exact) mass is 520 g/mol. The smallest absolute Gasteiger partial charge is 0.449 e. The summed E-state index contributed by atoms with van der Waals surface area (Å²) in [6.45, 7) is 4.41. The van der Waals surface area contributed by atoms with Gasteiger partial charge in [-0.3, -0.25) is 4.79 Å². The summed E-state index contributed by atoms with van der Waals surface area (Å²) < 4.78 is 24.7. The van der Waals surface area contributed by atoms with E-state index in [0.717, 1.165) is 6.08 Å².